The van der Waals surface area contributed by atoms with Crippen LogP contribution in [0.4, 0.5) is 0 Å². The summed E-state index contributed by atoms with van der Waals surface area (Å²) in [4.78, 5) is 2.57. The smallest absolute Gasteiger partial charge is 0.0357 e. The molecule has 0 spiro atoms. The lowest BCUT2D eigenvalue weighted by molar-refractivity contribution is 0.100. The van der Waals surface area contributed by atoms with Crippen LogP contribution in [0.2, 0.25) is 0 Å². The van der Waals surface area contributed by atoms with Crippen LogP contribution in [0.25, 0.3) is 0 Å². The normalized spacial score (nSPS) is 24.1. The van der Waals surface area contributed by atoms with Crippen LogP contribution in [0.5, 0.6) is 0 Å². The fourth-order valence-electron chi connectivity index (χ4n) is 4.28. The largest absolute Gasteiger partial charge is 0.292 e. The van der Waals surface area contributed by atoms with E-state index in [4.69, 9.17) is 0 Å². The van der Waals surface area contributed by atoms with Crippen molar-refractivity contribution in [3.8, 4) is 0 Å². The topological polar surface area (TPSA) is 3.24 Å². The van der Waals surface area contributed by atoms with Gasteiger partial charge >= 0.3 is 0 Å². The summed E-state index contributed by atoms with van der Waals surface area (Å²) in [6.45, 7) is 0. The van der Waals surface area contributed by atoms with Crippen molar-refractivity contribution in [1.82, 2.24) is 4.90 Å². The highest BCUT2D eigenvalue weighted by molar-refractivity contribution is 5.28. The summed E-state index contributed by atoms with van der Waals surface area (Å²) in [6, 6.07) is 33.9. The van der Waals surface area contributed by atoms with Gasteiger partial charge in [0.25, 0.3) is 0 Å². The lowest BCUT2D eigenvalue weighted by Gasteiger charge is -2.44. The van der Waals surface area contributed by atoms with Crippen molar-refractivity contribution in [3.05, 3.63) is 108 Å². The summed E-state index contributed by atoms with van der Waals surface area (Å²) < 4.78 is 0. The Bertz CT molecular complexity index is 733. The zero-order valence-corrected chi connectivity index (χ0v) is 14.8. The van der Waals surface area contributed by atoms with Crippen LogP contribution in [0, 0.1) is 0 Å². The van der Waals surface area contributed by atoms with E-state index in [1.165, 1.54) is 29.5 Å². The molecule has 126 valence electrons. The van der Waals surface area contributed by atoms with Crippen molar-refractivity contribution in [2.45, 2.75) is 30.8 Å². The molecule has 0 aliphatic carbocycles. The predicted molar refractivity (Wildman–Crippen MR) is 105 cm³/mol. The summed E-state index contributed by atoms with van der Waals surface area (Å²) in [5.41, 5.74) is 4.32. The molecule has 1 fully saturated rings. The average molecular weight is 327 g/mol. The van der Waals surface area contributed by atoms with Gasteiger partial charge in [-0.05, 0) is 42.5 Å². The van der Waals surface area contributed by atoms with E-state index < -0.39 is 0 Å². The Hall–Kier alpha value is -2.38. The van der Waals surface area contributed by atoms with E-state index in [-0.39, 0.29) is 0 Å². The Morgan fingerprint density at radius 1 is 0.560 bits per heavy atom. The summed E-state index contributed by atoms with van der Waals surface area (Å²) >= 11 is 0. The lowest BCUT2D eigenvalue weighted by atomic mass is 9.78. The van der Waals surface area contributed by atoms with Gasteiger partial charge in [0, 0.05) is 12.1 Å². The van der Waals surface area contributed by atoms with Gasteiger partial charge in [-0.2, -0.15) is 0 Å². The van der Waals surface area contributed by atoms with Crippen molar-refractivity contribution < 1.29 is 0 Å². The molecule has 0 saturated carbocycles. The quantitative estimate of drug-likeness (QED) is 0.572. The molecule has 1 aliphatic rings. The van der Waals surface area contributed by atoms with Gasteiger partial charge in [0.05, 0.1) is 0 Å². The number of hydrogen-bond donors (Lipinski definition) is 0. The predicted octanol–water partition coefficient (Wildman–Crippen LogP) is 5.98. The minimum Gasteiger partial charge on any atom is -0.292 e. The Labute approximate surface area is 150 Å². The number of benzene rings is 3. The van der Waals surface area contributed by atoms with Crippen LogP contribution in [-0.2, 0) is 0 Å². The molecule has 25 heavy (non-hydrogen) atoms. The maximum atomic E-state index is 2.57. The molecule has 1 heteroatoms. The van der Waals surface area contributed by atoms with E-state index in [1.54, 1.807) is 0 Å². The van der Waals surface area contributed by atoms with Crippen LogP contribution in [0.3, 0.4) is 0 Å². The summed E-state index contributed by atoms with van der Waals surface area (Å²) in [5.74, 6) is 0.591. The van der Waals surface area contributed by atoms with Crippen molar-refractivity contribution in [3.63, 3.8) is 0 Å². The molecular weight excluding hydrogens is 302 g/mol. The SMILES string of the molecule is CN1C(c2ccccc2)CC(c2ccccc2)CC1c1ccccc1. The van der Waals surface area contributed by atoms with Crippen LogP contribution in [-0.4, -0.2) is 11.9 Å². The molecule has 0 radical (unpaired) electrons. The van der Waals surface area contributed by atoms with Gasteiger partial charge in [0.1, 0.15) is 0 Å². The molecule has 2 unspecified atom stereocenters. The van der Waals surface area contributed by atoms with Crippen molar-refractivity contribution in [1.29, 1.82) is 0 Å². The molecule has 3 aromatic carbocycles. The number of nitrogens with zero attached hydrogens (tertiary/aromatic N) is 1. The molecule has 0 aromatic heterocycles. The van der Waals surface area contributed by atoms with Gasteiger partial charge in [-0.1, -0.05) is 91.0 Å². The van der Waals surface area contributed by atoms with Crippen molar-refractivity contribution >= 4 is 0 Å². The highest BCUT2D eigenvalue weighted by Gasteiger charge is 2.35. The van der Waals surface area contributed by atoms with Gasteiger partial charge in [-0.25, -0.2) is 0 Å². The maximum absolute atomic E-state index is 2.57. The molecular formula is C24H25N. The summed E-state index contributed by atoms with van der Waals surface area (Å²) in [5, 5.41) is 0. The Morgan fingerprint density at radius 3 is 1.32 bits per heavy atom. The van der Waals surface area contributed by atoms with Gasteiger partial charge in [-0.3, -0.25) is 4.90 Å². The zero-order chi connectivity index (χ0) is 17.1. The fourth-order valence-corrected chi connectivity index (χ4v) is 4.28. The second-order valence-electron chi connectivity index (χ2n) is 7.10. The third-order valence-corrected chi connectivity index (χ3v) is 5.64. The van der Waals surface area contributed by atoms with Crippen molar-refractivity contribution in [2.75, 3.05) is 7.05 Å². The molecule has 1 nitrogen and oxygen atoms in total. The van der Waals surface area contributed by atoms with Crippen LogP contribution < -0.4 is 0 Å². The van der Waals surface area contributed by atoms with Crippen LogP contribution >= 0.6 is 0 Å². The second kappa shape index (κ2) is 7.25. The van der Waals surface area contributed by atoms with E-state index in [0.29, 0.717) is 18.0 Å². The fraction of sp³-hybridized carbons (Fsp3) is 0.250. The molecule has 1 heterocycles. The first kappa shape index (κ1) is 16.1. The number of rotatable bonds is 3. The second-order valence-corrected chi connectivity index (χ2v) is 7.10. The minimum absolute atomic E-state index is 0.449. The number of hydrogen-bond acceptors (Lipinski definition) is 1. The first-order valence-electron chi connectivity index (χ1n) is 9.19. The van der Waals surface area contributed by atoms with Gasteiger partial charge in [0.15, 0.2) is 0 Å². The molecule has 1 saturated heterocycles. The summed E-state index contributed by atoms with van der Waals surface area (Å²) in [6.07, 6.45) is 2.35. The monoisotopic (exact) mass is 327 g/mol. The third kappa shape index (κ3) is 3.38. The molecule has 3 aromatic rings. The van der Waals surface area contributed by atoms with E-state index >= 15 is 0 Å². The molecule has 4 rings (SSSR count). The maximum Gasteiger partial charge on any atom is 0.0357 e. The van der Waals surface area contributed by atoms with Gasteiger partial charge in [0.2, 0.25) is 0 Å². The molecule has 1 aliphatic heterocycles. The Balaban J connectivity index is 1.72. The molecule has 0 N–H and O–H groups in total. The zero-order valence-electron chi connectivity index (χ0n) is 14.8. The lowest BCUT2D eigenvalue weighted by Crippen LogP contribution is -2.36. The number of piperidine rings is 1. The van der Waals surface area contributed by atoms with Crippen LogP contribution in [0.1, 0.15) is 47.5 Å². The van der Waals surface area contributed by atoms with E-state index in [9.17, 15) is 0 Å². The molecule has 2 atom stereocenters. The van der Waals surface area contributed by atoms with Gasteiger partial charge in [-0.15, -0.1) is 0 Å². The minimum atomic E-state index is 0.449. The first-order chi connectivity index (χ1) is 12.3. The Kier molecular flexibility index (Phi) is 4.67. The van der Waals surface area contributed by atoms with Crippen LogP contribution in [0.15, 0.2) is 91.0 Å². The average Bonchev–Trinajstić information content (AvgIpc) is 2.70. The summed E-state index contributed by atoms with van der Waals surface area (Å²) in [7, 11) is 2.29. The highest BCUT2D eigenvalue weighted by atomic mass is 15.2. The third-order valence-electron chi connectivity index (χ3n) is 5.64. The first-order valence-corrected chi connectivity index (χ1v) is 9.19. The number of likely N-dealkylation sites (tertiary alicyclic amines) is 1. The van der Waals surface area contributed by atoms with E-state index in [2.05, 4.69) is 103 Å². The van der Waals surface area contributed by atoms with E-state index in [0.717, 1.165) is 0 Å². The molecule has 0 bridgehead atoms. The van der Waals surface area contributed by atoms with Crippen molar-refractivity contribution in [2.24, 2.45) is 0 Å². The Morgan fingerprint density at radius 2 is 0.920 bits per heavy atom. The van der Waals surface area contributed by atoms with E-state index in [1.807, 2.05) is 0 Å². The molecule has 0 amide bonds. The van der Waals surface area contributed by atoms with Gasteiger partial charge < -0.3 is 0 Å². The highest BCUT2D eigenvalue weighted by Crippen LogP contribution is 2.46. The standard InChI is InChI=1S/C24H25N/c1-25-23(20-13-7-3-8-14-20)17-22(19-11-5-2-6-12-19)18-24(25)21-15-9-4-10-16-21/h2-16,22-24H,17-18H2,1H3.